The van der Waals surface area contributed by atoms with Crippen LogP contribution in [0.1, 0.15) is 13.3 Å². The lowest BCUT2D eigenvalue weighted by Crippen LogP contribution is -2.09. The number of nitrogens with one attached hydrogen (secondary N) is 1. The summed E-state index contributed by atoms with van der Waals surface area (Å²) in [6.45, 7) is 2.94. The lowest BCUT2D eigenvalue weighted by Gasteiger charge is -2.05. The van der Waals surface area contributed by atoms with Gasteiger partial charge < -0.3 is 0 Å². The van der Waals surface area contributed by atoms with Crippen molar-refractivity contribution in [2.75, 3.05) is 13.6 Å². The van der Waals surface area contributed by atoms with Gasteiger partial charge in [0.25, 0.3) is 0 Å². The average molecular weight is 101 g/mol. The van der Waals surface area contributed by atoms with Gasteiger partial charge in [-0.3, -0.25) is 5.01 Å². The van der Waals surface area contributed by atoms with Gasteiger partial charge in [-0.25, -0.2) is 0 Å². The normalized spacial score (nSPS) is 8.29. The van der Waals surface area contributed by atoms with E-state index in [4.69, 9.17) is 5.53 Å². The molecule has 3 heteroatoms. The molecule has 0 radical (unpaired) electrons. The summed E-state index contributed by atoms with van der Waals surface area (Å²) in [5, 5.41) is 4.76. The zero-order chi connectivity index (χ0) is 5.70. The summed E-state index contributed by atoms with van der Waals surface area (Å²) >= 11 is 0. The van der Waals surface area contributed by atoms with E-state index in [0.717, 1.165) is 13.0 Å². The Kier molecular flexibility index (Phi) is 3.28. The SMILES string of the molecule is CCCN(C)N=N. The van der Waals surface area contributed by atoms with Crippen LogP contribution in [0, 0.1) is 5.53 Å². The molecule has 42 valence electrons. The Balaban J connectivity index is 2.98. The first-order valence-electron chi connectivity index (χ1n) is 2.39. The van der Waals surface area contributed by atoms with Crippen LogP contribution in [0.15, 0.2) is 5.22 Å². The Morgan fingerprint density at radius 1 is 1.71 bits per heavy atom. The smallest absolute Gasteiger partial charge is 0.0371 e. The molecule has 7 heavy (non-hydrogen) atoms. The van der Waals surface area contributed by atoms with E-state index in [1.165, 1.54) is 0 Å². The van der Waals surface area contributed by atoms with Crippen LogP contribution in [-0.4, -0.2) is 18.6 Å². The van der Waals surface area contributed by atoms with Gasteiger partial charge in [-0.15, -0.1) is 0 Å². The Morgan fingerprint density at radius 3 is 2.43 bits per heavy atom. The molecule has 0 bridgehead atoms. The highest BCUT2D eigenvalue weighted by molar-refractivity contribution is 4.33. The number of hydrogen-bond donors (Lipinski definition) is 1. The molecule has 0 rings (SSSR count). The van der Waals surface area contributed by atoms with Crippen molar-refractivity contribution >= 4 is 0 Å². The molecule has 0 spiro atoms. The second kappa shape index (κ2) is 3.59. The van der Waals surface area contributed by atoms with Gasteiger partial charge >= 0.3 is 0 Å². The van der Waals surface area contributed by atoms with Crippen molar-refractivity contribution in [3.63, 3.8) is 0 Å². The van der Waals surface area contributed by atoms with E-state index < -0.39 is 0 Å². The van der Waals surface area contributed by atoms with Crippen molar-refractivity contribution in [3.05, 3.63) is 0 Å². The van der Waals surface area contributed by atoms with Gasteiger partial charge in [-0.05, 0) is 6.42 Å². The zero-order valence-corrected chi connectivity index (χ0v) is 4.81. The molecule has 3 nitrogen and oxygen atoms in total. The summed E-state index contributed by atoms with van der Waals surface area (Å²) in [5.41, 5.74) is 6.46. The van der Waals surface area contributed by atoms with Gasteiger partial charge in [0.05, 0.1) is 0 Å². The van der Waals surface area contributed by atoms with E-state index >= 15 is 0 Å². The third-order valence-electron chi connectivity index (χ3n) is 0.718. The Labute approximate surface area is 43.8 Å². The molecule has 0 aromatic rings. The second-order valence-electron chi connectivity index (χ2n) is 1.48. The van der Waals surface area contributed by atoms with E-state index in [9.17, 15) is 0 Å². The minimum absolute atomic E-state index is 0.878. The molecule has 0 heterocycles. The lowest BCUT2D eigenvalue weighted by molar-refractivity contribution is 0.321. The van der Waals surface area contributed by atoms with Crippen LogP contribution in [0.2, 0.25) is 0 Å². The van der Waals surface area contributed by atoms with Crippen LogP contribution in [-0.2, 0) is 0 Å². The van der Waals surface area contributed by atoms with Crippen LogP contribution >= 0.6 is 0 Å². The third kappa shape index (κ3) is 3.22. The fourth-order valence-electron chi connectivity index (χ4n) is 0.374. The van der Waals surface area contributed by atoms with Crippen LogP contribution < -0.4 is 0 Å². The first kappa shape index (κ1) is 6.40. The minimum Gasteiger partial charge on any atom is -0.282 e. The lowest BCUT2D eigenvalue weighted by atomic mass is 10.5. The molecular weight excluding hydrogens is 90.1 g/mol. The third-order valence-corrected chi connectivity index (χ3v) is 0.718. The number of rotatable bonds is 3. The molecule has 0 saturated heterocycles. The van der Waals surface area contributed by atoms with Crippen molar-refractivity contribution in [1.29, 1.82) is 5.53 Å². The van der Waals surface area contributed by atoms with Crippen molar-refractivity contribution in [3.8, 4) is 0 Å². The maximum Gasteiger partial charge on any atom is 0.0371 e. The van der Waals surface area contributed by atoms with Gasteiger partial charge in [0.1, 0.15) is 0 Å². The van der Waals surface area contributed by atoms with E-state index in [2.05, 4.69) is 12.1 Å². The molecule has 0 saturated carbocycles. The summed E-state index contributed by atoms with van der Waals surface area (Å²) in [6, 6.07) is 0. The fourth-order valence-corrected chi connectivity index (χ4v) is 0.374. The Morgan fingerprint density at radius 2 is 2.29 bits per heavy atom. The number of hydrogen-bond acceptors (Lipinski definition) is 2. The van der Waals surface area contributed by atoms with Crippen molar-refractivity contribution in [1.82, 2.24) is 5.01 Å². The van der Waals surface area contributed by atoms with E-state index in [1.807, 2.05) is 0 Å². The standard InChI is InChI=1S/C4H11N3/c1-3-4-7(2)6-5/h5H,3-4H2,1-2H3. The molecular formula is C4H11N3. The van der Waals surface area contributed by atoms with Crippen LogP contribution in [0.3, 0.4) is 0 Å². The Hall–Kier alpha value is -0.600. The van der Waals surface area contributed by atoms with Gasteiger partial charge in [0.2, 0.25) is 0 Å². The fraction of sp³-hybridized carbons (Fsp3) is 1.00. The molecule has 0 aromatic carbocycles. The van der Waals surface area contributed by atoms with Crippen molar-refractivity contribution in [2.45, 2.75) is 13.3 Å². The average Bonchev–Trinajstić information content (AvgIpc) is 1.68. The Bertz CT molecular complexity index is 52.9. The molecule has 0 fully saturated rings. The predicted molar refractivity (Wildman–Crippen MR) is 28.1 cm³/mol. The minimum atomic E-state index is 0.878. The quantitative estimate of drug-likeness (QED) is 0.422. The van der Waals surface area contributed by atoms with Gasteiger partial charge in [-0.1, -0.05) is 12.1 Å². The monoisotopic (exact) mass is 101 g/mol. The van der Waals surface area contributed by atoms with Gasteiger partial charge in [0.15, 0.2) is 0 Å². The first-order chi connectivity index (χ1) is 3.31. The second-order valence-corrected chi connectivity index (χ2v) is 1.48. The van der Waals surface area contributed by atoms with E-state index in [-0.39, 0.29) is 0 Å². The molecule has 1 N–H and O–H groups in total. The first-order valence-corrected chi connectivity index (χ1v) is 2.39. The maximum atomic E-state index is 6.46. The van der Waals surface area contributed by atoms with Crippen molar-refractivity contribution < 1.29 is 0 Å². The maximum absolute atomic E-state index is 6.46. The van der Waals surface area contributed by atoms with Crippen LogP contribution in [0.5, 0.6) is 0 Å². The topological polar surface area (TPSA) is 39.5 Å². The molecule has 0 atom stereocenters. The largest absolute Gasteiger partial charge is 0.282 e. The molecule has 0 aliphatic rings. The molecule has 0 unspecified atom stereocenters. The van der Waals surface area contributed by atoms with Gasteiger partial charge in [0, 0.05) is 13.6 Å². The highest BCUT2D eigenvalue weighted by Gasteiger charge is 1.83. The highest BCUT2D eigenvalue weighted by Crippen LogP contribution is 1.83. The molecule has 0 amide bonds. The molecule has 0 aromatic heterocycles. The predicted octanol–water partition coefficient (Wildman–Crippen LogP) is 1.27. The van der Waals surface area contributed by atoms with Crippen LogP contribution in [0.4, 0.5) is 0 Å². The summed E-state index contributed by atoms with van der Waals surface area (Å²) < 4.78 is 0. The summed E-state index contributed by atoms with van der Waals surface area (Å²) in [5.74, 6) is 0. The van der Waals surface area contributed by atoms with Gasteiger partial charge in [-0.2, -0.15) is 5.53 Å². The summed E-state index contributed by atoms with van der Waals surface area (Å²) in [7, 11) is 1.79. The molecule has 0 aliphatic carbocycles. The zero-order valence-electron chi connectivity index (χ0n) is 4.81. The van der Waals surface area contributed by atoms with Crippen molar-refractivity contribution in [2.24, 2.45) is 5.22 Å². The van der Waals surface area contributed by atoms with E-state index in [1.54, 1.807) is 12.1 Å². The summed E-state index contributed by atoms with van der Waals surface area (Å²) in [4.78, 5) is 0. The summed E-state index contributed by atoms with van der Waals surface area (Å²) in [6.07, 6.45) is 1.05. The molecule has 0 aliphatic heterocycles. The van der Waals surface area contributed by atoms with E-state index in [0.29, 0.717) is 0 Å². The number of nitrogens with zero attached hydrogens (tertiary/aromatic N) is 2. The highest BCUT2D eigenvalue weighted by atomic mass is 15.5. The van der Waals surface area contributed by atoms with Crippen LogP contribution in [0.25, 0.3) is 0 Å².